The summed E-state index contributed by atoms with van der Waals surface area (Å²) in [6, 6.07) is 6.47. The minimum absolute atomic E-state index is 0.229. The SMILES string of the molecule is CCOC(=O)C(CC)Sc1ccc(C(=O)O)cc1. The van der Waals surface area contributed by atoms with Crippen LogP contribution in [-0.4, -0.2) is 28.9 Å². The van der Waals surface area contributed by atoms with Gasteiger partial charge in [0.2, 0.25) is 0 Å². The number of rotatable bonds is 6. The maximum atomic E-state index is 11.6. The van der Waals surface area contributed by atoms with Crippen molar-refractivity contribution < 1.29 is 19.4 Å². The summed E-state index contributed by atoms with van der Waals surface area (Å²) in [5, 5.41) is 8.53. The molecule has 1 rings (SSSR count). The van der Waals surface area contributed by atoms with E-state index in [-0.39, 0.29) is 16.8 Å². The monoisotopic (exact) mass is 268 g/mol. The molecule has 0 aliphatic rings. The topological polar surface area (TPSA) is 63.6 Å². The number of hydrogen-bond donors (Lipinski definition) is 1. The summed E-state index contributed by atoms with van der Waals surface area (Å²) in [5.74, 6) is -1.18. The summed E-state index contributed by atoms with van der Waals surface area (Å²) >= 11 is 1.39. The van der Waals surface area contributed by atoms with E-state index in [1.807, 2.05) is 6.92 Å². The van der Waals surface area contributed by atoms with Crippen LogP contribution in [0.4, 0.5) is 0 Å². The third kappa shape index (κ3) is 4.07. The number of ether oxygens (including phenoxy) is 1. The zero-order valence-corrected chi connectivity index (χ0v) is 11.2. The second-order valence-corrected chi connectivity index (χ2v) is 4.87. The van der Waals surface area contributed by atoms with Crippen molar-refractivity contribution in [2.24, 2.45) is 0 Å². The zero-order chi connectivity index (χ0) is 13.5. The largest absolute Gasteiger partial charge is 0.478 e. The van der Waals surface area contributed by atoms with Crippen LogP contribution in [0.5, 0.6) is 0 Å². The van der Waals surface area contributed by atoms with Gasteiger partial charge in [-0.2, -0.15) is 0 Å². The lowest BCUT2D eigenvalue weighted by molar-refractivity contribution is -0.142. The van der Waals surface area contributed by atoms with Gasteiger partial charge in [-0.1, -0.05) is 6.92 Å². The molecule has 0 saturated heterocycles. The Morgan fingerprint density at radius 1 is 1.28 bits per heavy atom. The predicted octanol–water partition coefficient (Wildman–Crippen LogP) is 2.82. The molecule has 1 unspecified atom stereocenters. The molecule has 0 spiro atoms. The number of esters is 1. The second-order valence-electron chi connectivity index (χ2n) is 3.60. The first-order chi connectivity index (χ1) is 8.58. The first kappa shape index (κ1) is 14.6. The van der Waals surface area contributed by atoms with Crippen molar-refractivity contribution in [1.29, 1.82) is 0 Å². The molecule has 0 aliphatic carbocycles. The van der Waals surface area contributed by atoms with E-state index >= 15 is 0 Å². The van der Waals surface area contributed by atoms with Crippen LogP contribution in [0, 0.1) is 0 Å². The highest BCUT2D eigenvalue weighted by molar-refractivity contribution is 8.00. The van der Waals surface area contributed by atoms with E-state index in [1.165, 1.54) is 23.9 Å². The quantitative estimate of drug-likeness (QED) is 0.635. The number of hydrogen-bond acceptors (Lipinski definition) is 4. The number of thioether (sulfide) groups is 1. The molecular weight excluding hydrogens is 252 g/mol. The molecule has 4 nitrogen and oxygen atoms in total. The number of carboxylic acid groups (broad SMARTS) is 1. The lowest BCUT2D eigenvalue weighted by Gasteiger charge is -2.13. The van der Waals surface area contributed by atoms with Crippen molar-refractivity contribution in [2.45, 2.75) is 30.4 Å². The Morgan fingerprint density at radius 2 is 1.89 bits per heavy atom. The fraction of sp³-hybridized carbons (Fsp3) is 0.385. The van der Waals surface area contributed by atoms with Gasteiger partial charge in [0.15, 0.2) is 0 Å². The molecule has 0 aromatic heterocycles. The Kier molecular flexibility index (Phi) is 5.71. The van der Waals surface area contributed by atoms with Crippen molar-refractivity contribution in [1.82, 2.24) is 0 Å². The lowest BCUT2D eigenvalue weighted by Crippen LogP contribution is -2.19. The number of aromatic carboxylic acids is 1. The van der Waals surface area contributed by atoms with Gasteiger partial charge < -0.3 is 9.84 Å². The van der Waals surface area contributed by atoms with Gasteiger partial charge in [-0.25, -0.2) is 4.79 Å². The fourth-order valence-corrected chi connectivity index (χ4v) is 2.33. The van der Waals surface area contributed by atoms with E-state index in [1.54, 1.807) is 19.1 Å². The van der Waals surface area contributed by atoms with Crippen LogP contribution in [0.25, 0.3) is 0 Å². The maximum absolute atomic E-state index is 11.6. The van der Waals surface area contributed by atoms with E-state index < -0.39 is 5.97 Å². The van der Waals surface area contributed by atoms with Gasteiger partial charge in [0.1, 0.15) is 5.25 Å². The Hall–Kier alpha value is -1.49. The van der Waals surface area contributed by atoms with Crippen LogP contribution < -0.4 is 0 Å². The van der Waals surface area contributed by atoms with Crippen LogP contribution in [0.15, 0.2) is 29.2 Å². The van der Waals surface area contributed by atoms with Gasteiger partial charge in [0, 0.05) is 4.90 Å². The molecular formula is C13H16O4S. The van der Waals surface area contributed by atoms with Gasteiger partial charge in [-0.15, -0.1) is 11.8 Å². The molecule has 0 saturated carbocycles. The van der Waals surface area contributed by atoms with Crippen molar-refractivity contribution in [3.8, 4) is 0 Å². The third-order valence-corrected chi connectivity index (χ3v) is 3.65. The zero-order valence-electron chi connectivity index (χ0n) is 10.4. The summed E-state index contributed by atoms with van der Waals surface area (Å²) in [6.07, 6.45) is 0.671. The Labute approximate surface area is 110 Å². The molecule has 0 heterocycles. The van der Waals surface area contributed by atoms with Crippen molar-refractivity contribution in [3.05, 3.63) is 29.8 Å². The Bertz CT molecular complexity index is 414. The molecule has 1 aromatic carbocycles. The van der Waals surface area contributed by atoms with E-state index in [2.05, 4.69) is 0 Å². The average molecular weight is 268 g/mol. The van der Waals surface area contributed by atoms with Crippen LogP contribution in [0.2, 0.25) is 0 Å². The second kappa shape index (κ2) is 7.06. The summed E-state index contributed by atoms with van der Waals surface area (Å²) < 4.78 is 4.98. The molecule has 18 heavy (non-hydrogen) atoms. The maximum Gasteiger partial charge on any atom is 0.335 e. The number of carboxylic acids is 1. The van der Waals surface area contributed by atoms with Crippen molar-refractivity contribution >= 4 is 23.7 Å². The van der Waals surface area contributed by atoms with Gasteiger partial charge in [0.05, 0.1) is 12.2 Å². The van der Waals surface area contributed by atoms with Crippen LogP contribution in [0.3, 0.4) is 0 Å². The summed E-state index contributed by atoms with van der Waals surface area (Å²) in [6.45, 7) is 4.06. The average Bonchev–Trinajstić information content (AvgIpc) is 2.36. The van der Waals surface area contributed by atoms with Crippen molar-refractivity contribution in [3.63, 3.8) is 0 Å². The molecule has 0 radical (unpaired) electrons. The highest BCUT2D eigenvalue weighted by atomic mass is 32.2. The first-order valence-corrected chi connectivity index (χ1v) is 6.63. The van der Waals surface area contributed by atoms with Crippen molar-refractivity contribution in [2.75, 3.05) is 6.61 Å². The number of benzene rings is 1. The summed E-state index contributed by atoms with van der Waals surface area (Å²) in [7, 11) is 0. The Balaban J connectivity index is 2.70. The summed E-state index contributed by atoms with van der Waals surface area (Å²) in [4.78, 5) is 23.2. The lowest BCUT2D eigenvalue weighted by atomic mass is 10.2. The molecule has 0 fully saturated rings. The van der Waals surface area contributed by atoms with Gasteiger partial charge in [-0.05, 0) is 37.6 Å². The molecule has 1 atom stereocenters. The van der Waals surface area contributed by atoms with Gasteiger partial charge in [0.25, 0.3) is 0 Å². The minimum Gasteiger partial charge on any atom is -0.478 e. The molecule has 0 amide bonds. The van der Waals surface area contributed by atoms with E-state index in [9.17, 15) is 9.59 Å². The van der Waals surface area contributed by atoms with E-state index in [0.29, 0.717) is 13.0 Å². The van der Waals surface area contributed by atoms with E-state index in [4.69, 9.17) is 9.84 Å². The molecule has 5 heteroatoms. The highest BCUT2D eigenvalue weighted by Crippen LogP contribution is 2.26. The summed E-state index contributed by atoms with van der Waals surface area (Å²) in [5.41, 5.74) is 0.239. The molecule has 98 valence electrons. The number of carbonyl (C=O) groups excluding carboxylic acids is 1. The molecule has 1 N–H and O–H groups in total. The standard InChI is InChI=1S/C13H16O4S/c1-3-11(13(16)17-4-2)18-10-7-5-9(6-8-10)12(14)15/h5-8,11H,3-4H2,1-2H3,(H,14,15). The third-order valence-electron chi connectivity index (χ3n) is 2.30. The molecule has 1 aromatic rings. The predicted molar refractivity (Wildman–Crippen MR) is 70.0 cm³/mol. The van der Waals surface area contributed by atoms with Crippen LogP contribution in [0.1, 0.15) is 30.6 Å². The normalized spacial score (nSPS) is 11.9. The fourth-order valence-electron chi connectivity index (χ4n) is 1.37. The van der Waals surface area contributed by atoms with Crippen LogP contribution in [-0.2, 0) is 9.53 Å². The Morgan fingerprint density at radius 3 is 2.33 bits per heavy atom. The smallest absolute Gasteiger partial charge is 0.335 e. The van der Waals surface area contributed by atoms with Gasteiger partial charge in [-0.3, -0.25) is 4.79 Å². The van der Waals surface area contributed by atoms with Gasteiger partial charge >= 0.3 is 11.9 Å². The van der Waals surface area contributed by atoms with E-state index in [0.717, 1.165) is 4.90 Å². The molecule has 0 aliphatic heterocycles. The number of carbonyl (C=O) groups is 2. The van der Waals surface area contributed by atoms with Crippen LogP contribution >= 0.6 is 11.8 Å². The first-order valence-electron chi connectivity index (χ1n) is 5.75. The minimum atomic E-state index is -0.955. The highest BCUT2D eigenvalue weighted by Gasteiger charge is 2.19. The molecule has 0 bridgehead atoms.